The lowest BCUT2D eigenvalue weighted by Crippen LogP contribution is -2.16. The fourth-order valence-electron chi connectivity index (χ4n) is 1.40. The standard InChI is InChI=1S/C14H14N2O3S/c1-16(2)14(18)20-12-5-3-11(4-6-12)15-13(17)10-7-8-19-9-10/h3-9H,1-2H3,(H,15,17). The minimum absolute atomic E-state index is 0.0415. The number of furan rings is 1. The van der Waals surface area contributed by atoms with Gasteiger partial charge in [0, 0.05) is 24.7 Å². The molecule has 1 heterocycles. The average Bonchev–Trinajstić information content (AvgIpc) is 2.95. The predicted molar refractivity (Wildman–Crippen MR) is 78.0 cm³/mol. The van der Waals surface area contributed by atoms with E-state index in [4.69, 9.17) is 4.42 Å². The van der Waals surface area contributed by atoms with E-state index in [0.29, 0.717) is 11.3 Å². The number of anilines is 1. The SMILES string of the molecule is CN(C)C(=O)Sc1ccc(NC(=O)c2ccoc2)cc1. The maximum absolute atomic E-state index is 11.8. The van der Waals surface area contributed by atoms with Gasteiger partial charge in [-0.3, -0.25) is 9.59 Å². The molecule has 0 aliphatic heterocycles. The number of rotatable bonds is 3. The highest BCUT2D eigenvalue weighted by molar-refractivity contribution is 8.13. The van der Waals surface area contributed by atoms with Crippen molar-refractivity contribution in [2.24, 2.45) is 0 Å². The van der Waals surface area contributed by atoms with E-state index < -0.39 is 0 Å². The first-order chi connectivity index (χ1) is 9.56. The lowest BCUT2D eigenvalue weighted by molar-refractivity contribution is 0.102. The zero-order valence-corrected chi connectivity index (χ0v) is 11.9. The van der Waals surface area contributed by atoms with Crippen molar-refractivity contribution >= 4 is 28.6 Å². The molecule has 0 aliphatic carbocycles. The summed E-state index contributed by atoms with van der Waals surface area (Å²) in [6, 6.07) is 8.68. The molecule has 0 radical (unpaired) electrons. The molecule has 20 heavy (non-hydrogen) atoms. The molecule has 1 N–H and O–H groups in total. The lowest BCUT2D eigenvalue weighted by Gasteiger charge is -2.09. The van der Waals surface area contributed by atoms with E-state index in [1.165, 1.54) is 17.4 Å². The molecule has 2 aromatic rings. The molecule has 6 heteroatoms. The smallest absolute Gasteiger partial charge is 0.285 e. The number of nitrogens with one attached hydrogen (secondary N) is 1. The molecule has 1 aromatic carbocycles. The third kappa shape index (κ3) is 3.64. The van der Waals surface area contributed by atoms with Gasteiger partial charge in [-0.1, -0.05) is 0 Å². The molecule has 1 aromatic heterocycles. The van der Waals surface area contributed by atoms with Crippen LogP contribution in [0.25, 0.3) is 0 Å². The van der Waals surface area contributed by atoms with Gasteiger partial charge in [0.25, 0.3) is 11.1 Å². The van der Waals surface area contributed by atoms with Gasteiger partial charge in [0.2, 0.25) is 0 Å². The van der Waals surface area contributed by atoms with E-state index in [0.717, 1.165) is 16.7 Å². The maximum Gasteiger partial charge on any atom is 0.285 e. The number of benzene rings is 1. The molecular formula is C14H14N2O3S. The zero-order chi connectivity index (χ0) is 14.5. The van der Waals surface area contributed by atoms with Crippen molar-refractivity contribution in [3.63, 3.8) is 0 Å². The van der Waals surface area contributed by atoms with Gasteiger partial charge < -0.3 is 14.6 Å². The number of carbonyl (C=O) groups excluding carboxylic acids is 2. The molecule has 0 fully saturated rings. The van der Waals surface area contributed by atoms with Crippen LogP contribution in [-0.4, -0.2) is 30.1 Å². The van der Waals surface area contributed by atoms with Crippen molar-refractivity contribution in [1.29, 1.82) is 0 Å². The van der Waals surface area contributed by atoms with Crippen LogP contribution in [0.1, 0.15) is 10.4 Å². The molecule has 0 atom stereocenters. The number of hydrogen-bond acceptors (Lipinski definition) is 4. The number of hydrogen-bond donors (Lipinski definition) is 1. The third-order valence-corrected chi connectivity index (χ3v) is 3.51. The number of thioether (sulfide) groups is 1. The van der Waals surface area contributed by atoms with Crippen LogP contribution < -0.4 is 5.32 Å². The van der Waals surface area contributed by atoms with Gasteiger partial charge in [0.05, 0.1) is 11.8 Å². The Hall–Kier alpha value is -2.21. The Morgan fingerprint density at radius 1 is 1.15 bits per heavy atom. The van der Waals surface area contributed by atoms with Crippen LogP contribution in [0, 0.1) is 0 Å². The number of carbonyl (C=O) groups is 2. The van der Waals surface area contributed by atoms with E-state index in [1.807, 2.05) is 0 Å². The molecule has 2 amide bonds. The summed E-state index contributed by atoms with van der Waals surface area (Å²) in [6.45, 7) is 0. The quantitative estimate of drug-likeness (QED) is 0.881. The largest absolute Gasteiger partial charge is 0.472 e. The highest BCUT2D eigenvalue weighted by atomic mass is 32.2. The minimum Gasteiger partial charge on any atom is -0.472 e. The molecule has 104 valence electrons. The predicted octanol–water partition coefficient (Wildman–Crippen LogP) is 3.31. The summed E-state index contributed by atoms with van der Waals surface area (Å²) in [4.78, 5) is 25.7. The van der Waals surface area contributed by atoms with Crippen molar-refractivity contribution in [3.8, 4) is 0 Å². The first-order valence-electron chi connectivity index (χ1n) is 5.89. The molecule has 0 saturated carbocycles. The Labute approximate surface area is 120 Å². The summed E-state index contributed by atoms with van der Waals surface area (Å²) >= 11 is 1.14. The van der Waals surface area contributed by atoms with Crippen molar-refractivity contribution in [3.05, 3.63) is 48.4 Å². The second-order valence-corrected chi connectivity index (χ2v) is 5.28. The van der Waals surface area contributed by atoms with E-state index in [9.17, 15) is 9.59 Å². The van der Waals surface area contributed by atoms with Crippen LogP contribution in [0.5, 0.6) is 0 Å². The topological polar surface area (TPSA) is 62.6 Å². The van der Waals surface area contributed by atoms with E-state index >= 15 is 0 Å². The lowest BCUT2D eigenvalue weighted by atomic mass is 10.3. The molecule has 0 aliphatic rings. The highest BCUT2D eigenvalue weighted by Gasteiger charge is 2.09. The van der Waals surface area contributed by atoms with E-state index in [1.54, 1.807) is 44.4 Å². The summed E-state index contributed by atoms with van der Waals surface area (Å²) in [5, 5.41) is 2.70. The number of nitrogens with zero attached hydrogens (tertiary/aromatic N) is 1. The van der Waals surface area contributed by atoms with E-state index in [-0.39, 0.29) is 11.1 Å². The molecular weight excluding hydrogens is 276 g/mol. The number of amides is 2. The highest BCUT2D eigenvalue weighted by Crippen LogP contribution is 2.22. The summed E-state index contributed by atoms with van der Waals surface area (Å²) in [5.74, 6) is -0.233. The van der Waals surface area contributed by atoms with Crippen molar-refractivity contribution in [1.82, 2.24) is 4.90 Å². The van der Waals surface area contributed by atoms with Crippen LogP contribution in [0.4, 0.5) is 10.5 Å². The summed E-state index contributed by atoms with van der Waals surface area (Å²) in [6.07, 6.45) is 2.83. The zero-order valence-electron chi connectivity index (χ0n) is 11.1. The Kier molecular flexibility index (Phi) is 4.47. The fraction of sp³-hybridized carbons (Fsp3) is 0.143. The van der Waals surface area contributed by atoms with Gasteiger partial charge in [-0.05, 0) is 42.1 Å². The molecule has 0 bridgehead atoms. The molecule has 0 saturated heterocycles. The van der Waals surface area contributed by atoms with Crippen LogP contribution in [-0.2, 0) is 0 Å². The first-order valence-corrected chi connectivity index (χ1v) is 6.70. The van der Waals surface area contributed by atoms with Gasteiger partial charge in [0.1, 0.15) is 6.26 Å². The van der Waals surface area contributed by atoms with Gasteiger partial charge in [-0.25, -0.2) is 0 Å². The van der Waals surface area contributed by atoms with E-state index in [2.05, 4.69) is 5.32 Å². The Morgan fingerprint density at radius 3 is 2.40 bits per heavy atom. The fourth-order valence-corrected chi connectivity index (χ4v) is 2.05. The maximum atomic E-state index is 11.8. The molecule has 0 unspecified atom stereocenters. The minimum atomic E-state index is -0.233. The Balaban J connectivity index is 1.98. The van der Waals surface area contributed by atoms with Crippen LogP contribution >= 0.6 is 11.8 Å². The summed E-state index contributed by atoms with van der Waals surface area (Å²) in [5.41, 5.74) is 1.13. The van der Waals surface area contributed by atoms with Crippen molar-refractivity contribution < 1.29 is 14.0 Å². The average molecular weight is 290 g/mol. The van der Waals surface area contributed by atoms with Gasteiger partial charge in [-0.2, -0.15) is 0 Å². The molecule has 2 rings (SSSR count). The van der Waals surface area contributed by atoms with Gasteiger partial charge in [-0.15, -0.1) is 0 Å². The normalized spacial score (nSPS) is 10.1. The Bertz CT molecular complexity index is 591. The molecule has 5 nitrogen and oxygen atoms in total. The van der Waals surface area contributed by atoms with Crippen LogP contribution in [0.15, 0.2) is 52.2 Å². The summed E-state index contributed by atoms with van der Waals surface area (Å²) < 4.78 is 4.85. The first kappa shape index (κ1) is 14.2. The van der Waals surface area contributed by atoms with Gasteiger partial charge in [0.15, 0.2) is 0 Å². The Morgan fingerprint density at radius 2 is 1.85 bits per heavy atom. The summed E-state index contributed by atoms with van der Waals surface area (Å²) in [7, 11) is 3.41. The third-order valence-electron chi connectivity index (χ3n) is 2.47. The van der Waals surface area contributed by atoms with Crippen molar-refractivity contribution in [2.75, 3.05) is 19.4 Å². The molecule has 0 spiro atoms. The second kappa shape index (κ2) is 6.29. The van der Waals surface area contributed by atoms with Gasteiger partial charge >= 0.3 is 0 Å². The monoisotopic (exact) mass is 290 g/mol. The van der Waals surface area contributed by atoms with Crippen LogP contribution in [0.3, 0.4) is 0 Å². The van der Waals surface area contributed by atoms with Crippen LogP contribution in [0.2, 0.25) is 0 Å². The van der Waals surface area contributed by atoms with Crippen molar-refractivity contribution in [2.45, 2.75) is 4.90 Å². The second-order valence-electron chi connectivity index (χ2n) is 4.25.